The minimum Gasteiger partial charge on any atom is -0.453 e. The van der Waals surface area contributed by atoms with E-state index in [0.717, 1.165) is 29.7 Å². The molecule has 114 valence electrons. The van der Waals surface area contributed by atoms with E-state index < -0.39 is 0 Å². The summed E-state index contributed by atoms with van der Waals surface area (Å²) < 4.78 is 10.4. The van der Waals surface area contributed by atoms with Gasteiger partial charge < -0.3 is 14.1 Å². The second-order valence-electron chi connectivity index (χ2n) is 5.25. The molecule has 0 aliphatic carbocycles. The van der Waals surface area contributed by atoms with Crippen molar-refractivity contribution in [2.24, 2.45) is 0 Å². The van der Waals surface area contributed by atoms with Crippen LogP contribution in [-0.4, -0.2) is 32.5 Å². The second kappa shape index (κ2) is 6.15. The van der Waals surface area contributed by atoms with Crippen molar-refractivity contribution >= 4 is 17.9 Å². The predicted octanol–water partition coefficient (Wildman–Crippen LogP) is 2.68. The molecule has 5 heteroatoms. The highest BCUT2D eigenvalue weighted by Gasteiger charge is 2.23. The number of nitrogens with zero attached hydrogens (tertiary/aromatic N) is 1. The van der Waals surface area contributed by atoms with Gasteiger partial charge in [0.15, 0.2) is 12.0 Å². The first-order valence-electron chi connectivity index (χ1n) is 7.20. The Kier molecular flexibility index (Phi) is 4.06. The van der Waals surface area contributed by atoms with Gasteiger partial charge in [-0.2, -0.15) is 0 Å². The molecule has 0 N–H and O–H groups in total. The quantitative estimate of drug-likeness (QED) is 0.814. The molecule has 2 aromatic rings. The highest BCUT2D eigenvalue weighted by molar-refractivity contribution is 5.96. The number of methoxy groups -OCH3 is 1. The average Bonchev–Trinajstić information content (AvgIpc) is 3.03. The number of amides is 1. The van der Waals surface area contributed by atoms with Crippen molar-refractivity contribution in [1.82, 2.24) is 0 Å². The molecule has 1 aromatic heterocycles. The number of carbonyl (C=O) groups excluding carboxylic acids is 2. The summed E-state index contributed by atoms with van der Waals surface area (Å²) >= 11 is 0. The number of anilines is 1. The van der Waals surface area contributed by atoms with Crippen LogP contribution in [0.4, 0.5) is 5.69 Å². The highest BCUT2D eigenvalue weighted by atomic mass is 16.5. The van der Waals surface area contributed by atoms with Crippen LogP contribution < -0.4 is 4.90 Å². The van der Waals surface area contributed by atoms with Crippen LogP contribution in [0.25, 0.3) is 11.3 Å². The minimum atomic E-state index is -0.0476. The third-order valence-corrected chi connectivity index (χ3v) is 3.80. The molecule has 0 bridgehead atoms. The largest absolute Gasteiger partial charge is 0.453 e. The third-order valence-electron chi connectivity index (χ3n) is 3.80. The van der Waals surface area contributed by atoms with Crippen LogP contribution in [0.1, 0.15) is 22.5 Å². The number of hydrogen-bond acceptors (Lipinski definition) is 4. The Morgan fingerprint density at radius 2 is 2.23 bits per heavy atom. The zero-order valence-corrected chi connectivity index (χ0v) is 12.4. The Morgan fingerprint density at radius 3 is 2.95 bits per heavy atom. The first-order valence-corrected chi connectivity index (χ1v) is 7.20. The summed E-state index contributed by atoms with van der Waals surface area (Å²) in [6.07, 6.45) is 2.57. The summed E-state index contributed by atoms with van der Waals surface area (Å²) in [4.78, 5) is 24.7. The van der Waals surface area contributed by atoms with Crippen LogP contribution in [0.5, 0.6) is 0 Å². The molecule has 0 saturated heterocycles. The molecule has 1 aromatic carbocycles. The summed E-state index contributed by atoms with van der Waals surface area (Å²) in [7, 11) is 1.52. The maximum atomic E-state index is 12.2. The number of ether oxygens (including phenoxy) is 1. The van der Waals surface area contributed by atoms with Gasteiger partial charge in [-0.1, -0.05) is 12.1 Å². The van der Waals surface area contributed by atoms with E-state index in [9.17, 15) is 9.59 Å². The van der Waals surface area contributed by atoms with E-state index in [4.69, 9.17) is 9.15 Å². The van der Waals surface area contributed by atoms with Crippen LogP contribution >= 0.6 is 0 Å². The molecular weight excluding hydrogens is 282 g/mol. The van der Waals surface area contributed by atoms with E-state index >= 15 is 0 Å². The van der Waals surface area contributed by atoms with Gasteiger partial charge in [0.2, 0.25) is 0 Å². The third kappa shape index (κ3) is 2.67. The van der Waals surface area contributed by atoms with Crippen molar-refractivity contribution in [3.8, 4) is 11.3 Å². The fourth-order valence-electron chi connectivity index (χ4n) is 2.76. The van der Waals surface area contributed by atoms with Crippen LogP contribution in [-0.2, 0) is 16.0 Å². The molecule has 1 amide bonds. The lowest BCUT2D eigenvalue weighted by Gasteiger charge is -2.29. The molecule has 0 atom stereocenters. The fourth-order valence-corrected chi connectivity index (χ4v) is 2.76. The number of aldehydes is 1. The first-order chi connectivity index (χ1) is 10.7. The zero-order valence-electron chi connectivity index (χ0n) is 12.4. The topological polar surface area (TPSA) is 59.8 Å². The maximum Gasteiger partial charge on any atom is 0.252 e. The van der Waals surface area contributed by atoms with E-state index in [0.29, 0.717) is 24.4 Å². The van der Waals surface area contributed by atoms with Crippen molar-refractivity contribution in [3.63, 3.8) is 0 Å². The molecule has 22 heavy (non-hydrogen) atoms. The predicted molar refractivity (Wildman–Crippen MR) is 82.1 cm³/mol. The molecule has 0 spiro atoms. The number of furan rings is 1. The second-order valence-corrected chi connectivity index (χ2v) is 5.25. The normalized spacial score (nSPS) is 13.8. The number of carbonyl (C=O) groups is 2. The number of hydrogen-bond donors (Lipinski definition) is 0. The van der Waals surface area contributed by atoms with Gasteiger partial charge in [0.25, 0.3) is 5.91 Å². The number of fused-ring (bicyclic) bond motifs is 1. The lowest BCUT2D eigenvalue weighted by atomic mass is 9.98. The standard InChI is InChI=1S/C17H17NO4/c1-21-11-17(20)18-8-2-3-12-4-5-13(9-15(12)18)16-7-6-14(10-19)22-16/h4-7,9-10H,2-3,8,11H2,1H3. The van der Waals surface area contributed by atoms with Gasteiger partial charge in [-0.3, -0.25) is 9.59 Å². The van der Waals surface area contributed by atoms with Gasteiger partial charge >= 0.3 is 0 Å². The Bertz CT molecular complexity index is 704. The Balaban J connectivity index is 1.98. The van der Waals surface area contributed by atoms with Gasteiger partial charge in [-0.25, -0.2) is 0 Å². The van der Waals surface area contributed by atoms with E-state index in [-0.39, 0.29) is 12.5 Å². The van der Waals surface area contributed by atoms with E-state index in [2.05, 4.69) is 0 Å². The SMILES string of the molecule is COCC(=O)N1CCCc2ccc(-c3ccc(C=O)o3)cc21. The molecule has 2 heterocycles. The van der Waals surface area contributed by atoms with Crippen LogP contribution in [0.2, 0.25) is 0 Å². The molecule has 3 rings (SSSR count). The zero-order chi connectivity index (χ0) is 15.5. The summed E-state index contributed by atoms with van der Waals surface area (Å²) in [5, 5.41) is 0. The van der Waals surface area contributed by atoms with Crippen molar-refractivity contribution < 1.29 is 18.7 Å². The van der Waals surface area contributed by atoms with Gasteiger partial charge in [-0.05, 0) is 36.6 Å². The van der Waals surface area contributed by atoms with Crippen molar-refractivity contribution in [2.75, 3.05) is 25.2 Å². The van der Waals surface area contributed by atoms with Gasteiger partial charge in [0, 0.05) is 24.9 Å². The lowest BCUT2D eigenvalue weighted by molar-refractivity contribution is -0.122. The minimum absolute atomic E-state index is 0.0476. The van der Waals surface area contributed by atoms with Crippen LogP contribution in [0.3, 0.4) is 0 Å². The molecule has 1 aliphatic heterocycles. The molecule has 1 aliphatic rings. The van der Waals surface area contributed by atoms with Gasteiger partial charge in [-0.15, -0.1) is 0 Å². The van der Waals surface area contributed by atoms with Crippen molar-refractivity contribution in [3.05, 3.63) is 41.7 Å². The molecule has 5 nitrogen and oxygen atoms in total. The average molecular weight is 299 g/mol. The number of rotatable bonds is 4. The van der Waals surface area contributed by atoms with Gasteiger partial charge in [0.05, 0.1) is 0 Å². The van der Waals surface area contributed by atoms with Crippen molar-refractivity contribution in [1.29, 1.82) is 0 Å². The van der Waals surface area contributed by atoms with Crippen LogP contribution in [0, 0.1) is 0 Å². The summed E-state index contributed by atoms with van der Waals surface area (Å²) in [5.41, 5.74) is 2.89. The van der Waals surface area contributed by atoms with E-state index in [1.807, 2.05) is 18.2 Å². The van der Waals surface area contributed by atoms with E-state index in [1.165, 1.54) is 7.11 Å². The van der Waals surface area contributed by atoms with Crippen molar-refractivity contribution in [2.45, 2.75) is 12.8 Å². The Hall–Kier alpha value is -2.40. The summed E-state index contributed by atoms with van der Waals surface area (Å²) in [5.74, 6) is 0.864. The molecular formula is C17H17NO4. The Morgan fingerprint density at radius 1 is 1.36 bits per heavy atom. The number of aryl methyl sites for hydroxylation is 1. The molecule has 0 unspecified atom stereocenters. The highest BCUT2D eigenvalue weighted by Crippen LogP contribution is 2.32. The first kappa shape index (κ1) is 14.5. The van der Waals surface area contributed by atoms with Gasteiger partial charge in [0.1, 0.15) is 12.4 Å². The molecule has 0 fully saturated rings. The fraction of sp³-hybridized carbons (Fsp3) is 0.294. The molecule has 0 saturated carbocycles. The summed E-state index contributed by atoms with van der Waals surface area (Å²) in [6, 6.07) is 9.30. The molecule has 0 radical (unpaired) electrons. The maximum absolute atomic E-state index is 12.2. The smallest absolute Gasteiger partial charge is 0.252 e. The number of benzene rings is 1. The monoisotopic (exact) mass is 299 g/mol. The van der Waals surface area contributed by atoms with Crippen LogP contribution in [0.15, 0.2) is 34.7 Å². The Labute approximate surface area is 128 Å². The lowest BCUT2D eigenvalue weighted by Crippen LogP contribution is -2.37. The van der Waals surface area contributed by atoms with E-state index in [1.54, 1.807) is 17.0 Å². The summed E-state index contributed by atoms with van der Waals surface area (Å²) in [6.45, 7) is 0.760.